The Kier molecular flexibility index (Phi) is 9.37. The van der Waals surface area contributed by atoms with Crippen molar-refractivity contribution in [1.29, 1.82) is 0 Å². The van der Waals surface area contributed by atoms with Gasteiger partial charge in [0.2, 0.25) is 0 Å². The van der Waals surface area contributed by atoms with Crippen molar-refractivity contribution in [2.24, 2.45) is 0 Å². The molecule has 3 nitrogen and oxygen atoms in total. The van der Waals surface area contributed by atoms with Gasteiger partial charge in [-0.1, -0.05) is 0 Å². The maximum Gasteiger partial charge on any atom is 0.631 e. The van der Waals surface area contributed by atoms with Crippen LogP contribution in [0.15, 0.2) is 0 Å². The molecule has 5 heteroatoms. The maximum absolute atomic E-state index is 7.17. The Labute approximate surface area is 53.6 Å². The van der Waals surface area contributed by atoms with E-state index in [1.807, 2.05) is 0 Å². The van der Waals surface area contributed by atoms with Crippen LogP contribution in [0.25, 0.3) is 0 Å². The molecule has 0 saturated heterocycles. The van der Waals surface area contributed by atoms with Crippen molar-refractivity contribution < 1.29 is 46.2 Å². The van der Waals surface area contributed by atoms with Gasteiger partial charge in [-0.25, -0.2) is 0 Å². The van der Waals surface area contributed by atoms with Crippen LogP contribution in [0.5, 0.6) is 0 Å². The summed E-state index contributed by atoms with van der Waals surface area (Å²) < 4.78 is 0. The first-order chi connectivity index (χ1) is 1.73. The molecule has 0 rings (SSSR count). The van der Waals surface area contributed by atoms with Crippen molar-refractivity contribution in [2.45, 2.75) is 0 Å². The zero-order valence-electron chi connectivity index (χ0n) is 2.42. The fourth-order valence-corrected chi connectivity index (χ4v) is 0. The van der Waals surface area contributed by atoms with Gasteiger partial charge in [0.15, 0.2) is 0 Å². The van der Waals surface area contributed by atoms with Crippen LogP contribution >= 0.6 is 0 Å². The molecule has 0 fully saturated rings. The van der Waals surface area contributed by atoms with E-state index in [2.05, 4.69) is 0 Å². The van der Waals surface area contributed by atoms with Crippen LogP contribution in [-0.4, -0.2) is 22.4 Å². The van der Waals surface area contributed by atoms with Crippen LogP contribution in [0, 0.1) is 31.1 Å². The van der Waals surface area contributed by atoms with E-state index < -0.39 is 7.32 Å². The molecule has 0 radical (unpaired) electrons. The predicted octanol–water partition coefficient (Wildman–Crippen LogP) is -2.05. The summed E-state index contributed by atoms with van der Waals surface area (Å²) >= 11 is 0. The fourth-order valence-electron chi connectivity index (χ4n) is 0. The Morgan fingerprint density at radius 2 is 1.00 bits per heavy atom. The van der Waals surface area contributed by atoms with Crippen LogP contribution in [0.4, 0.5) is 0 Å². The summed E-state index contributed by atoms with van der Waals surface area (Å²) in [4.78, 5) is 0. The molecule has 0 spiro atoms. The van der Waals surface area contributed by atoms with Crippen LogP contribution in [0.1, 0.15) is 0 Å². The van der Waals surface area contributed by atoms with Gasteiger partial charge in [-0.3, -0.25) is 0 Å². The van der Waals surface area contributed by atoms with E-state index in [0.717, 1.165) is 0 Å². The molecule has 5 heavy (non-hydrogen) atoms. The van der Waals surface area contributed by atoms with Gasteiger partial charge in [0.1, 0.15) is 0 Å². The van der Waals surface area contributed by atoms with Gasteiger partial charge in [-0.15, -0.1) is 0 Å². The Morgan fingerprint density at radius 1 is 1.00 bits per heavy atom. The van der Waals surface area contributed by atoms with E-state index in [4.69, 9.17) is 15.1 Å². The SMILES string of the molecule is OB(O)O.[U]. The molecular weight excluding hydrogens is 297 g/mol. The molecule has 0 atom stereocenters. The summed E-state index contributed by atoms with van der Waals surface area (Å²) in [5, 5.41) is 21.5. The molecular formula is H3BO3U. The number of hydrogen-bond acceptors (Lipinski definition) is 3. The summed E-state index contributed by atoms with van der Waals surface area (Å²) in [6.45, 7) is 0. The van der Waals surface area contributed by atoms with Gasteiger partial charge in [-0.2, -0.15) is 0 Å². The molecule has 0 amide bonds. The molecule has 28 valence electrons. The second-order valence-electron chi connectivity index (χ2n) is 0.346. The first kappa shape index (κ1) is 9.37. The van der Waals surface area contributed by atoms with Gasteiger partial charge >= 0.3 is 7.32 Å². The molecule has 0 unspecified atom stereocenters. The van der Waals surface area contributed by atoms with E-state index in [1.54, 1.807) is 0 Å². The average Bonchev–Trinajstić information content (AvgIpc) is 0.811. The largest absolute Gasteiger partial charge is 0.631 e. The molecule has 0 aromatic carbocycles. The normalized spacial score (nSPS) is 5.40. The number of rotatable bonds is 0. The zero-order valence-corrected chi connectivity index (χ0v) is 6.58. The molecule has 0 heterocycles. The molecule has 3 N–H and O–H groups in total. The fraction of sp³-hybridized carbons (Fsp3) is 0. The Hall–Kier alpha value is 0.997. The van der Waals surface area contributed by atoms with Crippen LogP contribution in [0.2, 0.25) is 0 Å². The first-order valence-corrected chi connectivity index (χ1v) is 0.775. The minimum Gasteiger partial charge on any atom is -0.402 e. The van der Waals surface area contributed by atoms with E-state index in [9.17, 15) is 0 Å². The predicted molar refractivity (Wildman–Crippen MR) is 12.4 cm³/mol. The minimum atomic E-state index is -2.17. The Morgan fingerprint density at radius 3 is 1.00 bits per heavy atom. The molecule has 0 aromatic heterocycles. The van der Waals surface area contributed by atoms with Gasteiger partial charge < -0.3 is 15.1 Å². The standard InChI is InChI=1S/BH3O3.U/c2-1(3)4;/h2-4H;. The summed E-state index contributed by atoms with van der Waals surface area (Å²) in [6.07, 6.45) is 0. The molecule has 0 aliphatic carbocycles. The monoisotopic (exact) mass is 300 g/mol. The van der Waals surface area contributed by atoms with E-state index in [-0.39, 0.29) is 31.1 Å². The summed E-state index contributed by atoms with van der Waals surface area (Å²) in [5.41, 5.74) is 0. The minimum absolute atomic E-state index is 0. The third kappa shape index (κ3) is 45.2. The second kappa shape index (κ2) is 5.00. The van der Waals surface area contributed by atoms with Crippen LogP contribution in [0.3, 0.4) is 0 Å². The van der Waals surface area contributed by atoms with E-state index in [0.29, 0.717) is 0 Å². The van der Waals surface area contributed by atoms with Crippen molar-refractivity contribution in [3.63, 3.8) is 0 Å². The van der Waals surface area contributed by atoms with Crippen LogP contribution in [-0.2, 0) is 0 Å². The maximum atomic E-state index is 7.17. The van der Waals surface area contributed by atoms with Gasteiger partial charge in [0.25, 0.3) is 0 Å². The summed E-state index contributed by atoms with van der Waals surface area (Å²) in [6, 6.07) is 0. The van der Waals surface area contributed by atoms with Crippen molar-refractivity contribution in [2.75, 3.05) is 0 Å². The molecule has 0 bridgehead atoms. The van der Waals surface area contributed by atoms with Gasteiger partial charge in [0, 0.05) is 31.1 Å². The van der Waals surface area contributed by atoms with E-state index >= 15 is 0 Å². The Bertz CT molecular complexity index is 11.6. The van der Waals surface area contributed by atoms with Gasteiger partial charge in [-0.05, 0) is 0 Å². The van der Waals surface area contributed by atoms with Crippen molar-refractivity contribution >= 4 is 7.32 Å². The third-order valence-corrected chi connectivity index (χ3v) is 0. The van der Waals surface area contributed by atoms with Crippen molar-refractivity contribution in [1.82, 2.24) is 0 Å². The Balaban J connectivity index is 0. The second-order valence-corrected chi connectivity index (χ2v) is 0.346. The summed E-state index contributed by atoms with van der Waals surface area (Å²) in [5.74, 6) is 0. The van der Waals surface area contributed by atoms with Crippen molar-refractivity contribution in [3.8, 4) is 0 Å². The number of hydrogen-bond donors (Lipinski definition) is 3. The molecule has 0 saturated carbocycles. The summed E-state index contributed by atoms with van der Waals surface area (Å²) in [7, 11) is -2.17. The molecule has 0 aliphatic rings. The van der Waals surface area contributed by atoms with Crippen molar-refractivity contribution in [3.05, 3.63) is 0 Å². The van der Waals surface area contributed by atoms with Gasteiger partial charge in [0.05, 0.1) is 0 Å². The van der Waals surface area contributed by atoms with Crippen LogP contribution < -0.4 is 0 Å². The third-order valence-electron chi connectivity index (χ3n) is 0. The zero-order chi connectivity index (χ0) is 3.58. The quantitative estimate of drug-likeness (QED) is 0.451. The first-order valence-electron chi connectivity index (χ1n) is 0.775. The average molecular weight is 300 g/mol. The topological polar surface area (TPSA) is 60.7 Å². The molecule has 0 aliphatic heterocycles. The van der Waals surface area contributed by atoms with E-state index in [1.165, 1.54) is 0 Å². The molecule has 0 aromatic rings. The smallest absolute Gasteiger partial charge is 0.402 e.